The van der Waals surface area contributed by atoms with Crippen LogP contribution in [0, 0.1) is 0 Å². The van der Waals surface area contributed by atoms with Gasteiger partial charge in [-0.3, -0.25) is 4.79 Å². The number of nitrogens with zero attached hydrogens (tertiary/aromatic N) is 2. The first kappa shape index (κ1) is 28.7. The summed E-state index contributed by atoms with van der Waals surface area (Å²) in [5, 5.41) is 25.9. The van der Waals surface area contributed by atoms with Crippen LogP contribution in [0.25, 0.3) is 0 Å². The molecular formula is C23H24Cl2N3O7PS. The van der Waals surface area contributed by atoms with E-state index in [1.54, 1.807) is 18.8 Å². The van der Waals surface area contributed by atoms with Crippen molar-refractivity contribution in [3.05, 3.63) is 75.5 Å². The molecule has 10 nitrogen and oxygen atoms in total. The van der Waals surface area contributed by atoms with Crippen molar-refractivity contribution in [2.75, 3.05) is 19.1 Å². The zero-order valence-corrected chi connectivity index (χ0v) is 23.0. The number of aliphatic carboxylic acids is 1. The smallest absolute Gasteiger partial charge is 0.326 e. The molecule has 3 N–H and O–H groups in total. The Morgan fingerprint density at radius 3 is 2.35 bits per heavy atom. The van der Waals surface area contributed by atoms with Gasteiger partial charge >= 0.3 is 5.97 Å². The van der Waals surface area contributed by atoms with Crippen LogP contribution in [0.2, 0.25) is 10.0 Å². The number of carboxylic acids is 1. The number of rotatable bonds is 10. The SMILES string of the molecule is CP(=O)(CCc1cc(Cl)c(C(=O)N[C@@H](Cc2ccn(S(C)(=O)=O)n2)C(=O)O)c(Cl)c1)c1cccc(O)c1. The van der Waals surface area contributed by atoms with Crippen LogP contribution < -0.4 is 10.6 Å². The van der Waals surface area contributed by atoms with Gasteiger partial charge in [-0.05, 0) is 49.0 Å². The third kappa shape index (κ3) is 7.35. The van der Waals surface area contributed by atoms with Gasteiger partial charge in [-0.2, -0.15) is 9.19 Å². The van der Waals surface area contributed by atoms with E-state index in [2.05, 4.69) is 10.4 Å². The van der Waals surface area contributed by atoms with E-state index in [-0.39, 0.29) is 39.6 Å². The zero-order chi connectivity index (χ0) is 27.5. The zero-order valence-electron chi connectivity index (χ0n) is 19.8. The Morgan fingerprint density at radius 2 is 1.81 bits per heavy atom. The molecule has 0 saturated heterocycles. The molecule has 2 atom stereocenters. The lowest BCUT2D eigenvalue weighted by molar-refractivity contribution is -0.139. The minimum absolute atomic E-state index is 0.0180. The molecule has 0 saturated carbocycles. The second-order valence-electron chi connectivity index (χ2n) is 8.54. The molecule has 2 aromatic carbocycles. The Balaban J connectivity index is 1.74. The second kappa shape index (κ2) is 11.3. The molecule has 14 heteroatoms. The molecule has 0 aliphatic heterocycles. The van der Waals surface area contributed by atoms with Crippen LogP contribution in [-0.4, -0.2) is 64.8 Å². The maximum atomic E-state index is 13.1. The fourth-order valence-electron chi connectivity index (χ4n) is 3.52. The Bertz CT molecular complexity index is 1480. The van der Waals surface area contributed by atoms with E-state index in [0.29, 0.717) is 21.4 Å². The molecule has 0 aliphatic carbocycles. The van der Waals surface area contributed by atoms with Gasteiger partial charge in [0, 0.05) is 24.1 Å². The van der Waals surface area contributed by atoms with Crippen LogP contribution in [0.1, 0.15) is 21.6 Å². The molecule has 0 aliphatic rings. The monoisotopic (exact) mass is 587 g/mol. The molecule has 0 spiro atoms. The molecule has 198 valence electrons. The number of carboxylic acid groups (broad SMARTS) is 1. The molecule has 37 heavy (non-hydrogen) atoms. The van der Waals surface area contributed by atoms with Gasteiger partial charge < -0.3 is 20.1 Å². The van der Waals surface area contributed by atoms with E-state index in [1.807, 2.05) is 0 Å². The van der Waals surface area contributed by atoms with Crippen LogP contribution >= 0.6 is 30.3 Å². The average molecular weight is 588 g/mol. The number of benzene rings is 2. The van der Waals surface area contributed by atoms with E-state index in [0.717, 1.165) is 6.26 Å². The number of phenols is 1. The molecule has 0 fully saturated rings. The number of aryl methyl sites for hydroxylation is 1. The highest BCUT2D eigenvalue weighted by atomic mass is 35.5. The van der Waals surface area contributed by atoms with Gasteiger partial charge in [0.15, 0.2) is 0 Å². The number of amides is 1. The number of aromatic hydroxyl groups is 1. The number of nitrogens with one attached hydrogen (secondary N) is 1. The van der Waals surface area contributed by atoms with E-state index in [9.17, 15) is 32.8 Å². The van der Waals surface area contributed by atoms with E-state index < -0.39 is 35.1 Å². The van der Waals surface area contributed by atoms with Gasteiger partial charge in [-0.15, -0.1) is 0 Å². The maximum absolute atomic E-state index is 13.1. The summed E-state index contributed by atoms with van der Waals surface area (Å²) in [6.45, 7) is 1.61. The summed E-state index contributed by atoms with van der Waals surface area (Å²) < 4.78 is 37.0. The molecule has 0 bridgehead atoms. The number of aromatic nitrogens is 2. The molecule has 1 heterocycles. The lowest BCUT2D eigenvalue weighted by atomic mass is 10.1. The van der Waals surface area contributed by atoms with Crippen molar-refractivity contribution in [2.24, 2.45) is 0 Å². The highest BCUT2D eigenvalue weighted by molar-refractivity contribution is 7.89. The summed E-state index contributed by atoms with van der Waals surface area (Å²) >= 11 is 12.6. The van der Waals surface area contributed by atoms with Gasteiger partial charge in [0.1, 0.15) is 18.9 Å². The summed E-state index contributed by atoms with van der Waals surface area (Å²) in [5.41, 5.74) is 0.629. The van der Waals surface area contributed by atoms with E-state index >= 15 is 0 Å². The van der Waals surface area contributed by atoms with Gasteiger partial charge in [-0.25, -0.2) is 13.2 Å². The van der Waals surface area contributed by atoms with Gasteiger partial charge in [-0.1, -0.05) is 35.3 Å². The Labute approximate surface area is 223 Å². The predicted octanol–water partition coefficient (Wildman–Crippen LogP) is 2.99. The highest BCUT2D eigenvalue weighted by Crippen LogP contribution is 2.41. The molecule has 3 aromatic rings. The normalized spacial score (nSPS) is 14.1. The van der Waals surface area contributed by atoms with Crippen LogP contribution in [0.4, 0.5) is 0 Å². The summed E-state index contributed by atoms with van der Waals surface area (Å²) in [6.07, 6.45) is 2.42. The first-order valence-corrected chi connectivity index (χ1v) is 15.7. The lowest BCUT2D eigenvalue weighted by Gasteiger charge is -2.17. The van der Waals surface area contributed by atoms with Crippen molar-refractivity contribution in [2.45, 2.75) is 18.9 Å². The number of carbonyl (C=O) groups excluding carboxylic acids is 1. The minimum atomic E-state index is -3.64. The number of hydrogen-bond donors (Lipinski definition) is 3. The molecule has 1 aromatic heterocycles. The quantitative estimate of drug-likeness (QED) is 0.306. The topological polar surface area (TPSA) is 156 Å². The van der Waals surface area contributed by atoms with Crippen LogP contribution in [0.3, 0.4) is 0 Å². The van der Waals surface area contributed by atoms with Crippen LogP contribution in [-0.2, 0) is 32.2 Å². The van der Waals surface area contributed by atoms with Crippen molar-refractivity contribution >= 4 is 57.5 Å². The van der Waals surface area contributed by atoms with Crippen molar-refractivity contribution in [1.29, 1.82) is 0 Å². The number of carbonyl (C=O) groups is 2. The van der Waals surface area contributed by atoms with Crippen molar-refractivity contribution in [3.63, 3.8) is 0 Å². The number of halogens is 2. The number of hydrogen-bond acceptors (Lipinski definition) is 7. The standard InChI is InChI=1S/C23H24Cl2N3O7PS/c1-36(33,17-5-3-4-16(29)13-17)9-7-14-10-18(24)21(19(25)11-14)22(30)26-20(23(31)32)12-15-6-8-28(27-15)37(2,34)35/h3-6,8,10-11,13,20,29H,7,9,12H2,1-2H3,(H,26,30)(H,31,32)/t20-,36?/m0/s1. The Hall–Kier alpha value is -2.85. The first-order valence-electron chi connectivity index (χ1n) is 10.8. The molecule has 0 radical (unpaired) electrons. The van der Waals surface area contributed by atoms with Gasteiger partial charge in [0.25, 0.3) is 15.9 Å². The Kier molecular flexibility index (Phi) is 8.74. The second-order valence-corrected chi connectivity index (χ2v) is 14.4. The molecule has 1 amide bonds. The third-order valence-electron chi connectivity index (χ3n) is 5.51. The summed E-state index contributed by atoms with van der Waals surface area (Å²) in [4.78, 5) is 24.6. The first-order chi connectivity index (χ1) is 17.2. The van der Waals surface area contributed by atoms with Crippen molar-refractivity contribution in [1.82, 2.24) is 14.5 Å². The highest BCUT2D eigenvalue weighted by Gasteiger charge is 2.26. The van der Waals surface area contributed by atoms with Crippen molar-refractivity contribution < 1.29 is 32.8 Å². The summed E-state index contributed by atoms with van der Waals surface area (Å²) in [5.74, 6) is -2.18. The fraction of sp³-hybridized carbons (Fsp3) is 0.261. The predicted molar refractivity (Wildman–Crippen MR) is 141 cm³/mol. The Morgan fingerprint density at radius 1 is 1.16 bits per heavy atom. The molecular weight excluding hydrogens is 564 g/mol. The lowest BCUT2D eigenvalue weighted by Crippen LogP contribution is -2.42. The maximum Gasteiger partial charge on any atom is 0.326 e. The van der Waals surface area contributed by atoms with Crippen molar-refractivity contribution in [3.8, 4) is 5.75 Å². The van der Waals surface area contributed by atoms with Gasteiger partial charge in [0.2, 0.25) is 0 Å². The fourth-order valence-corrected chi connectivity index (χ4v) is 6.51. The number of phenolic OH excluding ortho intramolecular Hbond substituents is 1. The van der Waals surface area contributed by atoms with Crippen LogP contribution in [0.5, 0.6) is 5.75 Å². The summed E-state index contributed by atoms with van der Waals surface area (Å²) in [6, 6.07) is 9.13. The van der Waals surface area contributed by atoms with Gasteiger partial charge in [0.05, 0.1) is 27.6 Å². The minimum Gasteiger partial charge on any atom is -0.508 e. The molecule has 1 unspecified atom stereocenters. The van der Waals surface area contributed by atoms with E-state index in [1.165, 1.54) is 36.5 Å². The van der Waals surface area contributed by atoms with E-state index in [4.69, 9.17) is 23.2 Å². The molecule has 3 rings (SSSR count). The average Bonchev–Trinajstić information content (AvgIpc) is 3.26. The van der Waals surface area contributed by atoms with Crippen LogP contribution in [0.15, 0.2) is 48.7 Å². The summed E-state index contributed by atoms with van der Waals surface area (Å²) in [7, 11) is -6.45. The third-order valence-corrected chi connectivity index (χ3v) is 9.44. The largest absolute Gasteiger partial charge is 0.508 e.